The molecule has 37 heavy (non-hydrogen) atoms. The highest BCUT2D eigenvalue weighted by molar-refractivity contribution is 5.78. The highest BCUT2D eigenvalue weighted by Crippen LogP contribution is 2.60. The van der Waals surface area contributed by atoms with Gasteiger partial charge in [0.05, 0.1) is 19.2 Å². The van der Waals surface area contributed by atoms with Gasteiger partial charge >= 0.3 is 5.97 Å². The summed E-state index contributed by atoms with van der Waals surface area (Å²) in [5.74, 6) is -0.253. The Bertz CT molecular complexity index is 1350. The highest BCUT2D eigenvalue weighted by atomic mass is 19.1. The minimum absolute atomic E-state index is 0.000416. The topological polar surface area (TPSA) is 68.7 Å². The van der Waals surface area contributed by atoms with Crippen LogP contribution in [0.4, 0.5) is 4.39 Å². The Kier molecular flexibility index (Phi) is 6.47. The van der Waals surface area contributed by atoms with Crippen LogP contribution in [-0.4, -0.2) is 23.2 Å². The first-order chi connectivity index (χ1) is 17.6. The number of carboxylic acids is 1. The SMILES string of the molecule is COc1cc(-c2ccc(COc3ccc4c(c3)C3(CCC4)CC3C(=O)O)cc2CC(C)(C)C)c(F)cn1. The second kappa shape index (κ2) is 9.47. The summed E-state index contributed by atoms with van der Waals surface area (Å²) in [5, 5.41) is 9.61. The van der Waals surface area contributed by atoms with Crippen LogP contribution in [0.15, 0.2) is 48.7 Å². The molecule has 1 N–H and O–H groups in total. The quantitative estimate of drug-likeness (QED) is 0.387. The van der Waals surface area contributed by atoms with Gasteiger partial charge in [-0.2, -0.15) is 0 Å². The smallest absolute Gasteiger partial charge is 0.307 e. The van der Waals surface area contributed by atoms with Crippen molar-refractivity contribution in [3.8, 4) is 22.8 Å². The van der Waals surface area contributed by atoms with Crippen molar-refractivity contribution >= 4 is 5.97 Å². The van der Waals surface area contributed by atoms with Crippen molar-refractivity contribution in [2.45, 2.75) is 64.9 Å². The van der Waals surface area contributed by atoms with E-state index in [1.54, 1.807) is 6.07 Å². The maximum Gasteiger partial charge on any atom is 0.307 e. The van der Waals surface area contributed by atoms with Gasteiger partial charge in [0.1, 0.15) is 18.2 Å². The van der Waals surface area contributed by atoms with E-state index in [-0.39, 0.29) is 22.6 Å². The number of halogens is 1. The fourth-order valence-corrected chi connectivity index (χ4v) is 5.88. The number of benzene rings is 2. The number of pyridine rings is 1. The molecule has 3 aromatic rings. The van der Waals surface area contributed by atoms with Crippen molar-refractivity contribution < 1.29 is 23.8 Å². The normalized spacial score (nSPS) is 20.4. The lowest BCUT2D eigenvalue weighted by Crippen LogP contribution is -2.21. The number of carboxylic acid groups (broad SMARTS) is 1. The molecule has 5 nitrogen and oxygen atoms in total. The maximum absolute atomic E-state index is 14.8. The van der Waals surface area contributed by atoms with Crippen molar-refractivity contribution in [3.63, 3.8) is 0 Å². The number of nitrogens with zero attached hydrogens (tertiary/aromatic N) is 1. The molecule has 2 aromatic carbocycles. The molecule has 2 aliphatic carbocycles. The summed E-state index contributed by atoms with van der Waals surface area (Å²) in [6.45, 7) is 6.85. The van der Waals surface area contributed by atoms with Crippen molar-refractivity contribution in [1.29, 1.82) is 0 Å². The Labute approximate surface area is 217 Å². The van der Waals surface area contributed by atoms with Gasteiger partial charge < -0.3 is 14.6 Å². The van der Waals surface area contributed by atoms with E-state index in [4.69, 9.17) is 9.47 Å². The van der Waals surface area contributed by atoms with E-state index in [9.17, 15) is 14.3 Å². The summed E-state index contributed by atoms with van der Waals surface area (Å²) in [6, 6.07) is 13.8. The molecule has 2 unspecified atom stereocenters. The average molecular weight is 504 g/mol. The molecule has 5 rings (SSSR count). The number of aromatic nitrogens is 1. The number of ether oxygens (including phenoxy) is 2. The summed E-state index contributed by atoms with van der Waals surface area (Å²) in [5.41, 5.74) is 5.48. The molecule has 2 atom stereocenters. The third-order valence-electron chi connectivity index (χ3n) is 7.69. The number of aryl methyl sites for hydroxylation is 1. The molecule has 0 amide bonds. The molecule has 6 heteroatoms. The van der Waals surface area contributed by atoms with Crippen LogP contribution in [0.5, 0.6) is 11.6 Å². The lowest BCUT2D eigenvalue weighted by Gasteiger charge is -2.26. The van der Waals surface area contributed by atoms with Crippen molar-refractivity contribution in [2.24, 2.45) is 11.3 Å². The van der Waals surface area contributed by atoms with Gasteiger partial charge in [-0.05, 0) is 77.5 Å². The molecular formula is C31H34FNO4. The van der Waals surface area contributed by atoms with Crippen LogP contribution in [0, 0.1) is 17.2 Å². The molecule has 194 valence electrons. The Morgan fingerprint density at radius 2 is 1.97 bits per heavy atom. The van der Waals surface area contributed by atoms with Gasteiger partial charge in [-0.25, -0.2) is 9.37 Å². The number of carbonyl (C=O) groups is 1. The second-order valence-corrected chi connectivity index (χ2v) is 11.6. The Balaban J connectivity index is 1.41. The molecule has 0 bridgehead atoms. The molecule has 0 saturated heterocycles. The van der Waals surface area contributed by atoms with Crippen molar-refractivity contribution in [2.75, 3.05) is 7.11 Å². The minimum Gasteiger partial charge on any atom is -0.489 e. The number of hydrogen-bond acceptors (Lipinski definition) is 4. The van der Waals surface area contributed by atoms with Crippen LogP contribution in [0.3, 0.4) is 0 Å². The minimum atomic E-state index is -0.700. The van der Waals surface area contributed by atoms with E-state index in [1.807, 2.05) is 18.2 Å². The summed E-state index contributed by atoms with van der Waals surface area (Å²) in [4.78, 5) is 15.7. The third-order valence-corrected chi connectivity index (χ3v) is 7.69. The lowest BCUT2D eigenvalue weighted by atomic mass is 9.78. The summed E-state index contributed by atoms with van der Waals surface area (Å²) >= 11 is 0. The van der Waals surface area contributed by atoms with Crippen molar-refractivity contribution in [1.82, 2.24) is 4.98 Å². The molecule has 1 spiro atoms. The predicted octanol–water partition coefficient (Wildman–Crippen LogP) is 6.74. The molecule has 1 fully saturated rings. The molecule has 1 aromatic heterocycles. The first-order valence-corrected chi connectivity index (χ1v) is 12.9. The zero-order chi connectivity index (χ0) is 26.4. The van der Waals surface area contributed by atoms with Gasteiger partial charge in [-0.1, -0.05) is 45.0 Å². The van der Waals surface area contributed by atoms with Crippen LogP contribution in [-0.2, 0) is 29.7 Å². The largest absolute Gasteiger partial charge is 0.489 e. The van der Waals surface area contributed by atoms with Gasteiger partial charge in [0, 0.05) is 17.0 Å². The summed E-state index contributed by atoms with van der Waals surface area (Å²) in [6.07, 6.45) is 5.62. The number of rotatable bonds is 7. The number of methoxy groups -OCH3 is 1. The monoisotopic (exact) mass is 503 g/mol. The zero-order valence-corrected chi connectivity index (χ0v) is 21.9. The Morgan fingerprint density at radius 1 is 1.16 bits per heavy atom. The van der Waals surface area contributed by atoms with Crippen LogP contribution in [0.2, 0.25) is 0 Å². The first-order valence-electron chi connectivity index (χ1n) is 12.9. The number of hydrogen-bond donors (Lipinski definition) is 1. The van der Waals surface area contributed by atoms with Crippen LogP contribution in [0.25, 0.3) is 11.1 Å². The third kappa shape index (κ3) is 5.07. The van der Waals surface area contributed by atoms with E-state index in [1.165, 1.54) is 18.9 Å². The van der Waals surface area contributed by atoms with Gasteiger partial charge in [-0.3, -0.25) is 4.79 Å². The van der Waals surface area contributed by atoms with E-state index >= 15 is 0 Å². The van der Waals surface area contributed by atoms with Gasteiger partial charge in [0.15, 0.2) is 0 Å². The van der Waals surface area contributed by atoms with E-state index < -0.39 is 5.97 Å². The Hall–Kier alpha value is -3.41. The Morgan fingerprint density at radius 3 is 2.68 bits per heavy atom. The maximum atomic E-state index is 14.8. The second-order valence-electron chi connectivity index (χ2n) is 11.6. The molecular weight excluding hydrogens is 469 g/mol. The first kappa shape index (κ1) is 25.2. The number of aliphatic carboxylic acids is 1. The van der Waals surface area contributed by atoms with Crippen LogP contribution >= 0.6 is 0 Å². The fraction of sp³-hybridized carbons (Fsp3) is 0.419. The standard InChI is InChI=1S/C31H34FNO4/c1-30(2,3)15-21-12-19(7-10-23(21)24-14-28(36-4)33-17-27(24)32)18-37-22-9-8-20-6-5-11-31(25(20)13-22)16-26(31)29(34)35/h7-10,12-14,17,26H,5-6,11,15-16,18H2,1-4H3,(H,34,35). The van der Waals surface area contributed by atoms with Gasteiger partial charge in [-0.15, -0.1) is 0 Å². The van der Waals surface area contributed by atoms with E-state index in [2.05, 4.69) is 44.0 Å². The average Bonchev–Trinajstić information content (AvgIpc) is 3.58. The zero-order valence-electron chi connectivity index (χ0n) is 21.9. The highest BCUT2D eigenvalue weighted by Gasteiger charge is 2.60. The lowest BCUT2D eigenvalue weighted by molar-refractivity contribution is -0.139. The van der Waals surface area contributed by atoms with Crippen molar-refractivity contribution in [3.05, 3.63) is 76.7 Å². The fourth-order valence-electron chi connectivity index (χ4n) is 5.88. The van der Waals surface area contributed by atoms with Crippen LogP contribution < -0.4 is 9.47 Å². The molecule has 2 aliphatic rings. The summed E-state index contributed by atoms with van der Waals surface area (Å²) in [7, 11) is 1.52. The van der Waals surface area contributed by atoms with E-state index in [0.717, 1.165) is 53.7 Å². The summed E-state index contributed by atoms with van der Waals surface area (Å²) < 4.78 is 26.2. The van der Waals surface area contributed by atoms with Gasteiger partial charge in [0.25, 0.3) is 0 Å². The molecule has 0 aliphatic heterocycles. The van der Waals surface area contributed by atoms with Gasteiger partial charge in [0.2, 0.25) is 5.88 Å². The predicted molar refractivity (Wildman–Crippen MR) is 140 cm³/mol. The molecule has 1 heterocycles. The number of fused-ring (bicyclic) bond motifs is 2. The van der Waals surface area contributed by atoms with Crippen LogP contribution in [0.1, 0.15) is 62.3 Å². The molecule has 1 saturated carbocycles. The molecule has 0 radical (unpaired) electrons. The van der Waals surface area contributed by atoms with E-state index in [0.29, 0.717) is 24.5 Å².